The number of hydrogen-bond acceptors (Lipinski definition) is 5. The number of ether oxygens (including phenoxy) is 2. The molecule has 1 aliphatic heterocycles. The van der Waals surface area contributed by atoms with E-state index in [2.05, 4.69) is 4.90 Å². The van der Waals surface area contributed by atoms with Gasteiger partial charge in [0.1, 0.15) is 0 Å². The minimum atomic E-state index is -0.745. The van der Waals surface area contributed by atoms with E-state index in [0.717, 1.165) is 19.5 Å². The maximum Gasteiger partial charge on any atom is 0.303 e. The van der Waals surface area contributed by atoms with Crippen molar-refractivity contribution in [1.82, 2.24) is 4.90 Å². The Morgan fingerprint density at radius 3 is 2.94 bits per heavy atom. The molecule has 0 amide bonds. The van der Waals surface area contributed by atoms with Crippen LogP contribution in [0.3, 0.4) is 0 Å². The number of likely N-dealkylation sites (tertiary alicyclic amines) is 1. The first-order valence-electron chi connectivity index (χ1n) is 6.30. The van der Waals surface area contributed by atoms with E-state index in [1.807, 2.05) is 0 Å². The van der Waals surface area contributed by atoms with Crippen LogP contribution in [0.5, 0.6) is 0 Å². The van der Waals surface area contributed by atoms with E-state index in [1.165, 1.54) is 0 Å². The highest BCUT2D eigenvalue weighted by atomic mass is 16.5. The third-order valence-corrected chi connectivity index (χ3v) is 3.04. The second-order valence-electron chi connectivity index (χ2n) is 4.73. The summed E-state index contributed by atoms with van der Waals surface area (Å²) in [6.07, 6.45) is 0.589. The number of methoxy groups -OCH3 is 1. The average molecular weight is 261 g/mol. The van der Waals surface area contributed by atoms with E-state index >= 15 is 0 Å². The molecule has 0 aromatic rings. The Labute approximate surface area is 107 Å². The molecule has 0 aromatic carbocycles. The van der Waals surface area contributed by atoms with Gasteiger partial charge < -0.3 is 24.6 Å². The van der Waals surface area contributed by atoms with Crippen LogP contribution in [0.2, 0.25) is 0 Å². The Morgan fingerprint density at radius 1 is 1.50 bits per heavy atom. The van der Waals surface area contributed by atoms with Crippen LogP contribution in [0.15, 0.2) is 0 Å². The van der Waals surface area contributed by atoms with Crippen LogP contribution in [0.25, 0.3) is 0 Å². The molecule has 0 aromatic heterocycles. The molecular formula is C12H23NO5. The van der Waals surface area contributed by atoms with Crippen LogP contribution in [-0.2, 0) is 14.3 Å². The smallest absolute Gasteiger partial charge is 0.303 e. The van der Waals surface area contributed by atoms with Crippen molar-refractivity contribution in [1.29, 1.82) is 0 Å². The number of carboxylic acids is 1. The number of aliphatic hydroxyl groups excluding tert-OH is 1. The predicted molar refractivity (Wildman–Crippen MR) is 65.5 cm³/mol. The van der Waals surface area contributed by atoms with Gasteiger partial charge >= 0.3 is 5.97 Å². The van der Waals surface area contributed by atoms with Crippen molar-refractivity contribution < 1.29 is 24.5 Å². The molecule has 0 bridgehead atoms. The molecule has 2 N–H and O–H groups in total. The van der Waals surface area contributed by atoms with Gasteiger partial charge in [-0.05, 0) is 18.9 Å². The second-order valence-corrected chi connectivity index (χ2v) is 4.73. The summed E-state index contributed by atoms with van der Waals surface area (Å²) in [6.45, 7) is 3.45. The van der Waals surface area contributed by atoms with Crippen LogP contribution in [0, 0.1) is 5.92 Å². The van der Waals surface area contributed by atoms with E-state index in [-0.39, 0.29) is 12.3 Å². The van der Waals surface area contributed by atoms with Gasteiger partial charge in [0.15, 0.2) is 0 Å². The number of carbonyl (C=O) groups is 1. The lowest BCUT2D eigenvalue weighted by Crippen LogP contribution is -2.33. The zero-order chi connectivity index (χ0) is 13.4. The molecule has 2 atom stereocenters. The number of aliphatic carboxylic acids is 1. The lowest BCUT2D eigenvalue weighted by molar-refractivity contribution is -0.138. The number of hydrogen-bond donors (Lipinski definition) is 2. The number of rotatable bonds is 9. The zero-order valence-electron chi connectivity index (χ0n) is 10.9. The van der Waals surface area contributed by atoms with Crippen molar-refractivity contribution in [3.05, 3.63) is 0 Å². The van der Waals surface area contributed by atoms with Crippen LogP contribution in [0.4, 0.5) is 0 Å². The number of β-amino-alcohol motifs (C(OH)–C–C–N with tert-alkyl or cyclic N) is 1. The summed E-state index contributed by atoms with van der Waals surface area (Å²) in [7, 11) is 1.60. The van der Waals surface area contributed by atoms with Crippen molar-refractivity contribution in [2.24, 2.45) is 5.92 Å². The van der Waals surface area contributed by atoms with Gasteiger partial charge in [-0.15, -0.1) is 0 Å². The first-order chi connectivity index (χ1) is 8.61. The molecule has 1 rings (SSSR count). The van der Waals surface area contributed by atoms with Crippen molar-refractivity contribution in [3.63, 3.8) is 0 Å². The SMILES string of the molecule is COCCOCC(O)CN1CCC(CC(=O)O)C1. The highest BCUT2D eigenvalue weighted by molar-refractivity contribution is 5.67. The fourth-order valence-electron chi connectivity index (χ4n) is 2.20. The normalized spacial score (nSPS) is 22.2. The third-order valence-electron chi connectivity index (χ3n) is 3.04. The van der Waals surface area contributed by atoms with Gasteiger partial charge in [0.05, 0.1) is 25.9 Å². The molecule has 1 fully saturated rings. The van der Waals surface area contributed by atoms with Gasteiger partial charge in [-0.3, -0.25) is 4.79 Å². The molecule has 0 radical (unpaired) electrons. The highest BCUT2D eigenvalue weighted by Gasteiger charge is 2.25. The van der Waals surface area contributed by atoms with Crippen LogP contribution in [0.1, 0.15) is 12.8 Å². The molecule has 1 aliphatic rings. The summed E-state index contributed by atoms with van der Waals surface area (Å²) in [6, 6.07) is 0. The molecule has 6 heteroatoms. The maximum atomic E-state index is 10.6. The van der Waals surface area contributed by atoms with Crippen molar-refractivity contribution in [2.45, 2.75) is 18.9 Å². The first kappa shape index (κ1) is 15.4. The number of nitrogens with zero attached hydrogens (tertiary/aromatic N) is 1. The van der Waals surface area contributed by atoms with Gasteiger partial charge in [0.2, 0.25) is 0 Å². The van der Waals surface area contributed by atoms with E-state index in [1.54, 1.807) is 7.11 Å². The summed E-state index contributed by atoms with van der Waals surface area (Å²) < 4.78 is 10.1. The van der Waals surface area contributed by atoms with Crippen LogP contribution < -0.4 is 0 Å². The molecule has 2 unspecified atom stereocenters. The minimum Gasteiger partial charge on any atom is -0.481 e. The Balaban J connectivity index is 2.10. The third kappa shape index (κ3) is 6.30. The fraction of sp³-hybridized carbons (Fsp3) is 0.917. The van der Waals surface area contributed by atoms with Crippen molar-refractivity contribution >= 4 is 5.97 Å². The molecular weight excluding hydrogens is 238 g/mol. The summed E-state index contributed by atoms with van der Waals surface area (Å²) >= 11 is 0. The van der Waals surface area contributed by atoms with Crippen molar-refractivity contribution in [3.8, 4) is 0 Å². The molecule has 0 saturated carbocycles. The molecule has 0 spiro atoms. The minimum absolute atomic E-state index is 0.212. The summed E-state index contributed by atoms with van der Waals surface area (Å²) in [4.78, 5) is 12.7. The summed E-state index contributed by atoms with van der Waals surface area (Å²) in [5.41, 5.74) is 0. The fourth-order valence-corrected chi connectivity index (χ4v) is 2.20. The number of aliphatic hydroxyl groups is 1. The molecule has 1 heterocycles. The van der Waals surface area contributed by atoms with Gasteiger partial charge in [0, 0.05) is 26.6 Å². The van der Waals surface area contributed by atoms with E-state index in [4.69, 9.17) is 14.6 Å². The quantitative estimate of drug-likeness (QED) is 0.560. The lowest BCUT2D eigenvalue weighted by atomic mass is 10.1. The summed E-state index contributed by atoms with van der Waals surface area (Å²) in [5, 5.41) is 18.5. The zero-order valence-corrected chi connectivity index (χ0v) is 10.9. The monoisotopic (exact) mass is 261 g/mol. The Bertz CT molecular complexity index is 249. The maximum absolute atomic E-state index is 10.6. The van der Waals surface area contributed by atoms with Gasteiger partial charge in [-0.2, -0.15) is 0 Å². The average Bonchev–Trinajstić information content (AvgIpc) is 2.71. The van der Waals surface area contributed by atoms with E-state index in [0.29, 0.717) is 26.4 Å². The van der Waals surface area contributed by atoms with Gasteiger partial charge in [-0.25, -0.2) is 0 Å². The Morgan fingerprint density at radius 2 is 2.28 bits per heavy atom. The lowest BCUT2D eigenvalue weighted by Gasteiger charge is -2.19. The van der Waals surface area contributed by atoms with Gasteiger partial charge in [-0.1, -0.05) is 0 Å². The molecule has 6 nitrogen and oxygen atoms in total. The number of carboxylic acid groups (broad SMARTS) is 1. The summed E-state index contributed by atoms with van der Waals surface area (Å²) in [5.74, 6) is -0.533. The first-order valence-corrected chi connectivity index (χ1v) is 6.30. The topological polar surface area (TPSA) is 79.2 Å². The largest absolute Gasteiger partial charge is 0.481 e. The predicted octanol–water partition coefficient (Wildman–Crippen LogP) is -0.193. The standard InChI is InChI=1S/C12H23NO5/c1-17-4-5-18-9-11(14)8-13-3-2-10(7-13)6-12(15)16/h10-11,14H,2-9H2,1H3,(H,15,16). The Kier molecular flexibility index (Phi) is 7.19. The molecule has 18 heavy (non-hydrogen) atoms. The molecule has 106 valence electrons. The highest BCUT2D eigenvalue weighted by Crippen LogP contribution is 2.19. The van der Waals surface area contributed by atoms with Crippen molar-refractivity contribution in [2.75, 3.05) is 46.6 Å². The van der Waals surface area contributed by atoms with Gasteiger partial charge in [0.25, 0.3) is 0 Å². The Hall–Kier alpha value is -0.690. The molecule has 0 aliphatic carbocycles. The second kappa shape index (κ2) is 8.42. The van der Waals surface area contributed by atoms with Crippen LogP contribution in [-0.4, -0.2) is 73.8 Å². The van der Waals surface area contributed by atoms with Crippen LogP contribution >= 0.6 is 0 Å². The van der Waals surface area contributed by atoms with E-state index < -0.39 is 12.1 Å². The molecule has 1 saturated heterocycles. The van der Waals surface area contributed by atoms with E-state index in [9.17, 15) is 9.90 Å².